The van der Waals surface area contributed by atoms with E-state index in [-0.39, 0.29) is 11.9 Å². The number of aryl methyl sites for hydroxylation is 2. The first kappa shape index (κ1) is 17.6. The summed E-state index contributed by atoms with van der Waals surface area (Å²) in [7, 11) is 0. The first-order chi connectivity index (χ1) is 12.1. The number of carbonyl (C=O) groups is 1. The molecule has 1 N–H and O–H groups in total. The lowest BCUT2D eigenvalue weighted by Gasteiger charge is -2.27. The molecular weight excluding hydrogens is 318 g/mol. The summed E-state index contributed by atoms with van der Waals surface area (Å²) in [5, 5.41) is 14.2. The second-order valence-electron chi connectivity index (χ2n) is 6.63. The molecule has 1 saturated heterocycles. The van der Waals surface area contributed by atoms with Crippen molar-refractivity contribution in [1.29, 1.82) is 0 Å². The third-order valence-corrected chi connectivity index (χ3v) is 4.73. The molecule has 0 aliphatic carbocycles. The maximum Gasteiger partial charge on any atom is 0.226 e. The monoisotopic (exact) mass is 343 g/mol. The lowest BCUT2D eigenvalue weighted by molar-refractivity contribution is -0.132. The van der Waals surface area contributed by atoms with Crippen molar-refractivity contribution in [3.05, 3.63) is 47.6 Å². The highest BCUT2D eigenvalue weighted by Gasteiger charge is 2.30. The van der Waals surface area contributed by atoms with Gasteiger partial charge < -0.3 is 14.5 Å². The molecule has 1 fully saturated rings. The number of nitrogens with zero attached hydrogens (tertiary/aromatic N) is 3. The van der Waals surface area contributed by atoms with Gasteiger partial charge in [-0.1, -0.05) is 35.5 Å². The number of hydrogen-bond donors (Lipinski definition) is 1. The molecule has 0 saturated carbocycles. The molecule has 0 bridgehead atoms. The molecule has 6 nitrogen and oxygen atoms in total. The van der Waals surface area contributed by atoms with Gasteiger partial charge in [0, 0.05) is 25.4 Å². The maximum atomic E-state index is 12.5. The molecule has 1 aliphatic rings. The molecule has 1 aliphatic heterocycles. The van der Waals surface area contributed by atoms with Crippen LogP contribution in [-0.2, 0) is 11.2 Å². The molecule has 0 spiro atoms. The fourth-order valence-electron chi connectivity index (χ4n) is 3.45. The van der Waals surface area contributed by atoms with Crippen molar-refractivity contribution in [2.24, 2.45) is 0 Å². The van der Waals surface area contributed by atoms with Crippen molar-refractivity contribution in [2.75, 3.05) is 6.54 Å². The van der Waals surface area contributed by atoms with Crippen molar-refractivity contribution in [3.63, 3.8) is 0 Å². The third kappa shape index (κ3) is 4.66. The fourth-order valence-corrected chi connectivity index (χ4v) is 3.45. The maximum absolute atomic E-state index is 12.5. The van der Waals surface area contributed by atoms with Gasteiger partial charge in [0.05, 0.1) is 6.10 Å². The number of rotatable bonds is 7. The summed E-state index contributed by atoms with van der Waals surface area (Å²) < 4.78 is 5.08. The van der Waals surface area contributed by atoms with Crippen LogP contribution in [0.15, 0.2) is 34.9 Å². The second kappa shape index (κ2) is 8.25. The third-order valence-electron chi connectivity index (χ3n) is 4.73. The number of aliphatic hydroxyl groups excluding tert-OH is 1. The highest BCUT2D eigenvalue weighted by Crippen LogP contribution is 2.28. The van der Waals surface area contributed by atoms with Gasteiger partial charge in [0.25, 0.3) is 0 Å². The second-order valence-corrected chi connectivity index (χ2v) is 6.63. The van der Waals surface area contributed by atoms with Crippen LogP contribution in [0, 0.1) is 6.92 Å². The minimum Gasteiger partial charge on any atom is -0.388 e. The average Bonchev–Trinajstić information content (AvgIpc) is 3.24. The van der Waals surface area contributed by atoms with Crippen LogP contribution in [0.2, 0.25) is 0 Å². The van der Waals surface area contributed by atoms with Crippen LogP contribution in [0.5, 0.6) is 0 Å². The molecule has 134 valence electrons. The van der Waals surface area contributed by atoms with E-state index in [1.807, 2.05) is 35.2 Å². The molecule has 3 rings (SSSR count). The summed E-state index contributed by atoms with van der Waals surface area (Å²) in [6.45, 7) is 2.57. The Kier molecular flexibility index (Phi) is 5.81. The molecule has 2 aromatic rings. The predicted octanol–water partition coefficient (Wildman–Crippen LogP) is 2.82. The summed E-state index contributed by atoms with van der Waals surface area (Å²) in [6.07, 6.45) is 3.82. The summed E-state index contributed by atoms with van der Waals surface area (Å²) in [5.74, 6) is 1.36. The number of amides is 1. The number of likely N-dealkylation sites (tertiary alicyclic amines) is 1. The highest BCUT2D eigenvalue weighted by atomic mass is 16.5. The Bertz CT molecular complexity index is 686. The van der Waals surface area contributed by atoms with Crippen LogP contribution < -0.4 is 0 Å². The van der Waals surface area contributed by atoms with Crippen LogP contribution in [0.25, 0.3) is 0 Å². The van der Waals surface area contributed by atoms with E-state index >= 15 is 0 Å². The smallest absolute Gasteiger partial charge is 0.226 e. The van der Waals surface area contributed by atoms with Crippen molar-refractivity contribution < 1.29 is 14.4 Å². The average molecular weight is 343 g/mol. The zero-order valence-electron chi connectivity index (χ0n) is 14.6. The van der Waals surface area contributed by atoms with Crippen molar-refractivity contribution in [3.8, 4) is 0 Å². The van der Waals surface area contributed by atoms with Gasteiger partial charge in [0.15, 0.2) is 5.82 Å². The number of benzene rings is 1. The van der Waals surface area contributed by atoms with E-state index in [9.17, 15) is 9.90 Å². The van der Waals surface area contributed by atoms with Gasteiger partial charge in [-0.2, -0.15) is 4.98 Å². The first-order valence-electron chi connectivity index (χ1n) is 8.95. The molecule has 2 atom stereocenters. The number of aliphatic hydroxyl groups is 1. The zero-order valence-corrected chi connectivity index (χ0v) is 14.6. The molecule has 2 unspecified atom stereocenters. The van der Waals surface area contributed by atoms with E-state index in [1.165, 1.54) is 0 Å². The minimum absolute atomic E-state index is 0.119. The molecule has 25 heavy (non-hydrogen) atoms. The molecule has 2 heterocycles. The normalized spacial score (nSPS) is 18.5. The van der Waals surface area contributed by atoms with E-state index in [0.29, 0.717) is 37.4 Å². The van der Waals surface area contributed by atoms with Crippen LogP contribution >= 0.6 is 0 Å². The predicted molar refractivity (Wildman–Crippen MR) is 92.7 cm³/mol. The summed E-state index contributed by atoms with van der Waals surface area (Å²) in [4.78, 5) is 18.6. The van der Waals surface area contributed by atoms with Gasteiger partial charge in [0.2, 0.25) is 11.8 Å². The van der Waals surface area contributed by atoms with Gasteiger partial charge >= 0.3 is 0 Å². The Labute approximate surface area is 147 Å². The van der Waals surface area contributed by atoms with E-state index in [4.69, 9.17) is 4.52 Å². The summed E-state index contributed by atoms with van der Waals surface area (Å²) in [5.41, 5.74) is 0.911. The Morgan fingerprint density at radius 2 is 2.20 bits per heavy atom. The molecule has 0 radical (unpaired) electrons. The van der Waals surface area contributed by atoms with E-state index in [1.54, 1.807) is 6.92 Å². The van der Waals surface area contributed by atoms with Crippen molar-refractivity contribution in [2.45, 2.75) is 57.6 Å². The quantitative estimate of drug-likeness (QED) is 0.836. The number of hydrogen-bond acceptors (Lipinski definition) is 5. The zero-order chi connectivity index (χ0) is 17.6. The molecular formula is C19H25N3O3. The fraction of sp³-hybridized carbons (Fsp3) is 0.526. The summed E-state index contributed by atoms with van der Waals surface area (Å²) >= 11 is 0. The number of carbonyl (C=O) groups excluding carboxylic acids is 1. The Morgan fingerprint density at radius 1 is 1.40 bits per heavy atom. The lowest BCUT2D eigenvalue weighted by atomic mass is 10.0. The van der Waals surface area contributed by atoms with Gasteiger partial charge in [-0.15, -0.1) is 0 Å². The van der Waals surface area contributed by atoms with Crippen molar-refractivity contribution >= 4 is 5.91 Å². The highest BCUT2D eigenvalue weighted by molar-refractivity contribution is 5.76. The van der Waals surface area contributed by atoms with Gasteiger partial charge in [0.1, 0.15) is 0 Å². The van der Waals surface area contributed by atoms with Crippen LogP contribution in [0.3, 0.4) is 0 Å². The molecule has 1 aromatic heterocycles. The minimum atomic E-state index is -0.527. The van der Waals surface area contributed by atoms with Crippen LogP contribution in [0.1, 0.15) is 55.5 Å². The largest absolute Gasteiger partial charge is 0.388 e. The van der Waals surface area contributed by atoms with E-state index in [2.05, 4.69) is 10.1 Å². The van der Waals surface area contributed by atoms with Crippen molar-refractivity contribution in [1.82, 2.24) is 15.0 Å². The number of aromatic nitrogens is 2. The van der Waals surface area contributed by atoms with Gasteiger partial charge in [-0.3, -0.25) is 4.79 Å². The Hall–Kier alpha value is -2.21. The first-order valence-corrected chi connectivity index (χ1v) is 8.95. The summed E-state index contributed by atoms with van der Waals surface area (Å²) in [6, 6.07) is 9.77. The van der Waals surface area contributed by atoms with Crippen LogP contribution in [-0.4, -0.2) is 38.6 Å². The van der Waals surface area contributed by atoms with E-state index < -0.39 is 6.10 Å². The van der Waals surface area contributed by atoms with Gasteiger partial charge in [-0.25, -0.2) is 0 Å². The van der Waals surface area contributed by atoms with Crippen LogP contribution in [0.4, 0.5) is 0 Å². The standard InChI is InChI=1S/C19H25N3O3/c1-14-20-18(25-21-14)10-5-11-19(24)22-12-6-9-16(22)13-17(23)15-7-3-2-4-8-15/h2-4,7-8,16-17,23H,5-6,9-13H2,1H3. The molecule has 1 amide bonds. The SMILES string of the molecule is Cc1noc(CCCC(=O)N2CCCC2CC(O)c2ccccc2)n1. The molecule has 1 aromatic carbocycles. The Morgan fingerprint density at radius 3 is 2.92 bits per heavy atom. The molecule has 6 heteroatoms. The van der Waals surface area contributed by atoms with Gasteiger partial charge in [-0.05, 0) is 38.2 Å². The van der Waals surface area contributed by atoms with E-state index in [0.717, 1.165) is 24.9 Å². The topological polar surface area (TPSA) is 79.5 Å². The lowest BCUT2D eigenvalue weighted by Crippen LogP contribution is -2.36. The Balaban J connectivity index is 1.49.